The first-order chi connectivity index (χ1) is 10.1. The molecule has 2 saturated carbocycles. The number of hydrogen-bond donors (Lipinski definition) is 2. The number of carboxylic acid groups (broad SMARTS) is 1. The summed E-state index contributed by atoms with van der Waals surface area (Å²) >= 11 is 0. The Morgan fingerprint density at radius 1 is 1.19 bits per heavy atom. The van der Waals surface area contributed by atoms with Gasteiger partial charge in [-0.2, -0.15) is 0 Å². The average molecular weight is 289 g/mol. The highest BCUT2D eigenvalue weighted by atomic mass is 16.5. The fraction of sp³-hybridized carbons (Fsp3) is 0.500. The quantitative estimate of drug-likeness (QED) is 0.873. The number of benzene rings is 1. The summed E-state index contributed by atoms with van der Waals surface area (Å²) in [5.41, 5.74) is 0.659. The normalized spacial score (nSPS) is 24.6. The van der Waals surface area contributed by atoms with E-state index in [1.165, 1.54) is 12.8 Å². The molecule has 2 atom stereocenters. The van der Waals surface area contributed by atoms with Gasteiger partial charge in [-0.15, -0.1) is 0 Å². The number of ether oxygens (including phenoxy) is 1. The largest absolute Gasteiger partial charge is 0.490 e. The first-order valence-corrected chi connectivity index (χ1v) is 7.44. The Labute approximate surface area is 123 Å². The highest BCUT2D eigenvalue weighted by Gasteiger charge is 2.48. The zero-order valence-corrected chi connectivity index (χ0v) is 11.7. The van der Waals surface area contributed by atoms with Crippen LogP contribution in [0.1, 0.15) is 32.1 Å². The van der Waals surface area contributed by atoms with Gasteiger partial charge in [-0.05, 0) is 44.2 Å². The van der Waals surface area contributed by atoms with Gasteiger partial charge in [0, 0.05) is 11.8 Å². The van der Waals surface area contributed by atoms with E-state index < -0.39 is 17.8 Å². The van der Waals surface area contributed by atoms with Crippen LogP contribution < -0.4 is 10.1 Å². The van der Waals surface area contributed by atoms with Gasteiger partial charge in [0.15, 0.2) is 0 Å². The van der Waals surface area contributed by atoms with E-state index in [9.17, 15) is 9.59 Å². The smallest absolute Gasteiger partial charge is 0.307 e. The second-order valence-electron chi connectivity index (χ2n) is 5.83. The third kappa shape index (κ3) is 3.35. The molecule has 2 fully saturated rings. The van der Waals surface area contributed by atoms with Crippen molar-refractivity contribution in [1.82, 2.24) is 0 Å². The van der Waals surface area contributed by atoms with Crippen LogP contribution in [0.5, 0.6) is 5.75 Å². The molecular weight excluding hydrogens is 270 g/mol. The molecule has 0 aliphatic heterocycles. The van der Waals surface area contributed by atoms with Crippen LogP contribution >= 0.6 is 0 Å². The zero-order chi connectivity index (χ0) is 14.8. The van der Waals surface area contributed by atoms with Gasteiger partial charge in [-0.25, -0.2) is 0 Å². The van der Waals surface area contributed by atoms with Crippen LogP contribution in [-0.4, -0.2) is 23.1 Å². The maximum Gasteiger partial charge on any atom is 0.307 e. The van der Waals surface area contributed by atoms with Crippen LogP contribution in [0.2, 0.25) is 0 Å². The van der Waals surface area contributed by atoms with Gasteiger partial charge in [0.25, 0.3) is 0 Å². The van der Waals surface area contributed by atoms with Crippen LogP contribution in [0, 0.1) is 11.8 Å². The summed E-state index contributed by atoms with van der Waals surface area (Å²) in [6, 6.07) is 7.30. The van der Waals surface area contributed by atoms with Crippen LogP contribution in [-0.2, 0) is 9.59 Å². The molecule has 1 amide bonds. The Bertz CT molecular complexity index is 551. The van der Waals surface area contributed by atoms with Crippen molar-refractivity contribution in [2.75, 3.05) is 5.32 Å². The number of carbonyl (C=O) groups excluding carboxylic acids is 1. The lowest BCUT2D eigenvalue weighted by Gasteiger charge is -2.14. The van der Waals surface area contributed by atoms with Crippen molar-refractivity contribution in [3.63, 3.8) is 0 Å². The number of aliphatic carboxylic acids is 1. The zero-order valence-electron chi connectivity index (χ0n) is 11.7. The minimum Gasteiger partial charge on any atom is -0.490 e. The maximum atomic E-state index is 11.9. The summed E-state index contributed by atoms with van der Waals surface area (Å²) in [6.45, 7) is 0. The molecule has 0 bridgehead atoms. The molecule has 5 nitrogen and oxygen atoms in total. The van der Waals surface area contributed by atoms with Crippen LogP contribution in [0.25, 0.3) is 0 Å². The molecule has 0 spiro atoms. The van der Waals surface area contributed by atoms with Gasteiger partial charge in [0.05, 0.1) is 17.9 Å². The lowest BCUT2D eigenvalue weighted by Crippen LogP contribution is -2.17. The Morgan fingerprint density at radius 2 is 1.95 bits per heavy atom. The van der Waals surface area contributed by atoms with Gasteiger partial charge >= 0.3 is 5.97 Å². The number of nitrogens with one attached hydrogen (secondary N) is 1. The minimum absolute atomic E-state index is 0.222. The molecule has 2 aliphatic rings. The highest BCUT2D eigenvalue weighted by Crippen LogP contribution is 2.39. The molecule has 21 heavy (non-hydrogen) atoms. The molecule has 2 aliphatic carbocycles. The fourth-order valence-electron chi connectivity index (χ4n) is 2.84. The molecule has 1 aromatic rings. The van der Waals surface area contributed by atoms with Crippen molar-refractivity contribution in [2.24, 2.45) is 11.8 Å². The summed E-state index contributed by atoms with van der Waals surface area (Å²) in [5, 5.41) is 11.6. The Morgan fingerprint density at radius 3 is 2.62 bits per heavy atom. The van der Waals surface area contributed by atoms with E-state index in [1.54, 1.807) is 12.1 Å². The lowest BCUT2D eigenvalue weighted by atomic mass is 10.2. The molecule has 112 valence electrons. The molecule has 0 saturated heterocycles. The van der Waals surface area contributed by atoms with Crippen molar-refractivity contribution in [3.8, 4) is 5.75 Å². The van der Waals surface area contributed by atoms with Crippen LogP contribution in [0.15, 0.2) is 24.3 Å². The van der Waals surface area contributed by atoms with Gasteiger partial charge in [0.1, 0.15) is 5.75 Å². The topological polar surface area (TPSA) is 75.6 Å². The van der Waals surface area contributed by atoms with Gasteiger partial charge in [0.2, 0.25) is 5.91 Å². The number of amides is 1. The Kier molecular flexibility index (Phi) is 3.82. The SMILES string of the molecule is O=C(O)C1CC1C(=O)Nc1cccc(OC2CCCC2)c1. The third-order valence-corrected chi connectivity index (χ3v) is 4.15. The Balaban J connectivity index is 1.58. The first kappa shape index (κ1) is 13.9. The molecule has 5 heteroatoms. The standard InChI is InChI=1S/C16H19NO4/c18-15(13-9-14(13)16(19)20)17-10-4-3-7-12(8-10)21-11-5-1-2-6-11/h3-4,7-8,11,13-14H,1-2,5-6,9H2,(H,17,18)(H,19,20). The van der Waals surface area contributed by atoms with Gasteiger partial charge in [-0.1, -0.05) is 6.07 Å². The highest BCUT2D eigenvalue weighted by molar-refractivity contribution is 5.98. The number of carboxylic acids is 1. The van der Waals surface area contributed by atoms with E-state index in [2.05, 4.69) is 5.32 Å². The molecule has 1 aromatic carbocycles. The fourth-order valence-corrected chi connectivity index (χ4v) is 2.84. The Hall–Kier alpha value is -2.04. The van der Waals surface area contributed by atoms with Crippen LogP contribution in [0.4, 0.5) is 5.69 Å². The van der Waals surface area contributed by atoms with Crippen molar-refractivity contribution in [2.45, 2.75) is 38.2 Å². The van der Waals surface area contributed by atoms with Crippen molar-refractivity contribution in [3.05, 3.63) is 24.3 Å². The molecule has 0 aromatic heterocycles. The van der Waals surface area contributed by atoms with Crippen molar-refractivity contribution in [1.29, 1.82) is 0 Å². The number of anilines is 1. The number of hydrogen-bond acceptors (Lipinski definition) is 3. The molecular formula is C16H19NO4. The van der Waals surface area contributed by atoms with Gasteiger partial charge in [-0.3, -0.25) is 9.59 Å². The summed E-state index contributed by atoms with van der Waals surface area (Å²) in [4.78, 5) is 22.7. The third-order valence-electron chi connectivity index (χ3n) is 4.15. The predicted octanol–water partition coefficient (Wildman–Crippen LogP) is 2.67. The van der Waals surface area contributed by atoms with Crippen molar-refractivity contribution >= 4 is 17.6 Å². The van der Waals surface area contributed by atoms with E-state index in [0.717, 1.165) is 18.6 Å². The average Bonchev–Trinajstić information content (AvgIpc) is 3.11. The summed E-state index contributed by atoms with van der Waals surface area (Å²) in [6.07, 6.45) is 5.28. The van der Waals surface area contributed by atoms with Crippen molar-refractivity contribution < 1.29 is 19.4 Å². The molecule has 2 N–H and O–H groups in total. The summed E-state index contributed by atoms with van der Waals surface area (Å²) in [5.74, 6) is -1.29. The maximum absolute atomic E-state index is 11.9. The molecule has 0 heterocycles. The van der Waals surface area contributed by atoms with Gasteiger partial charge < -0.3 is 15.2 Å². The first-order valence-electron chi connectivity index (χ1n) is 7.44. The number of carbonyl (C=O) groups is 2. The summed E-state index contributed by atoms with van der Waals surface area (Å²) < 4.78 is 5.89. The second-order valence-corrected chi connectivity index (χ2v) is 5.83. The lowest BCUT2D eigenvalue weighted by molar-refractivity contribution is -0.139. The molecule has 0 radical (unpaired) electrons. The number of rotatable bonds is 5. The molecule has 3 rings (SSSR count). The monoisotopic (exact) mass is 289 g/mol. The van der Waals surface area contributed by atoms with E-state index in [4.69, 9.17) is 9.84 Å². The van der Waals surface area contributed by atoms with E-state index >= 15 is 0 Å². The van der Waals surface area contributed by atoms with E-state index in [0.29, 0.717) is 12.1 Å². The minimum atomic E-state index is -0.895. The van der Waals surface area contributed by atoms with E-state index in [-0.39, 0.29) is 12.0 Å². The van der Waals surface area contributed by atoms with Crippen LogP contribution in [0.3, 0.4) is 0 Å². The molecule has 2 unspecified atom stereocenters. The second kappa shape index (κ2) is 5.76. The predicted molar refractivity (Wildman–Crippen MR) is 77.2 cm³/mol. The van der Waals surface area contributed by atoms with E-state index in [1.807, 2.05) is 12.1 Å². The summed E-state index contributed by atoms with van der Waals surface area (Å²) in [7, 11) is 0.